The van der Waals surface area contributed by atoms with E-state index in [9.17, 15) is 14.4 Å². The predicted molar refractivity (Wildman–Crippen MR) is 135 cm³/mol. The van der Waals surface area contributed by atoms with E-state index in [4.69, 9.17) is 21.1 Å². The van der Waals surface area contributed by atoms with Crippen LogP contribution < -0.4 is 14.8 Å². The monoisotopic (exact) mass is 502 g/mol. The van der Waals surface area contributed by atoms with Gasteiger partial charge in [-0.05, 0) is 73.0 Å². The van der Waals surface area contributed by atoms with Crippen LogP contribution in [-0.2, 0) is 9.59 Å². The number of aryl methyl sites for hydroxylation is 1. The molecule has 1 aliphatic rings. The molecule has 7 nitrogen and oxygen atoms in total. The van der Waals surface area contributed by atoms with Crippen molar-refractivity contribution in [3.05, 3.63) is 57.5 Å². The van der Waals surface area contributed by atoms with E-state index in [1.54, 1.807) is 42.5 Å². The second-order valence-electron chi connectivity index (χ2n) is 8.12. The molecule has 0 aliphatic carbocycles. The number of nitrogens with zero attached hydrogens (tertiary/aromatic N) is 1. The molecule has 1 saturated heterocycles. The van der Waals surface area contributed by atoms with E-state index in [2.05, 4.69) is 19.2 Å². The summed E-state index contributed by atoms with van der Waals surface area (Å²) in [5, 5.41) is 2.67. The summed E-state index contributed by atoms with van der Waals surface area (Å²) in [6.45, 7) is 8.46. The number of halogens is 1. The van der Waals surface area contributed by atoms with Gasteiger partial charge in [-0.3, -0.25) is 19.3 Å². The number of thioether (sulfide) groups is 1. The third-order valence-corrected chi connectivity index (χ3v) is 6.08. The standard InChI is InChI=1S/C25H27ClN2O5S/c1-5-32-21-10-17(7-9-20(21)33-14-15(2)3)11-22-24(30)28(25(31)34-22)13-23(29)27-18-8-6-16(4)19(26)12-18/h6-12,15H,5,13-14H2,1-4H3,(H,27,29)/b22-11-. The first-order valence-corrected chi connectivity index (χ1v) is 12.1. The minimum Gasteiger partial charge on any atom is -0.490 e. The van der Waals surface area contributed by atoms with E-state index in [1.807, 2.05) is 13.8 Å². The normalized spacial score (nSPS) is 14.8. The zero-order chi connectivity index (χ0) is 24.8. The highest BCUT2D eigenvalue weighted by atomic mass is 35.5. The average Bonchev–Trinajstić information content (AvgIpc) is 3.03. The zero-order valence-electron chi connectivity index (χ0n) is 19.5. The van der Waals surface area contributed by atoms with Gasteiger partial charge in [-0.2, -0.15) is 0 Å². The lowest BCUT2D eigenvalue weighted by atomic mass is 10.1. The van der Waals surface area contributed by atoms with E-state index in [0.717, 1.165) is 22.2 Å². The van der Waals surface area contributed by atoms with E-state index in [1.165, 1.54) is 0 Å². The summed E-state index contributed by atoms with van der Waals surface area (Å²) in [7, 11) is 0. The molecule has 0 aromatic heterocycles. The van der Waals surface area contributed by atoms with Crippen LogP contribution in [0.1, 0.15) is 31.9 Å². The molecule has 9 heteroatoms. The Morgan fingerprint density at radius 2 is 1.91 bits per heavy atom. The van der Waals surface area contributed by atoms with Crippen molar-refractivity contribution in [3.8, 4) is 11.5 Å². The highest BCUT2D eigenvalue weighted by molar-refractivity contribution is 8.18. The first kappa shape index (κ1) is 25.6. The van der Waals surface area contributed by atoms with Gasteiger partial charge in [-0.15, -0.1) is 0 Å². The van der Waals surface area contributed by atoms with Crippen molar-refractivity contribution in [1.29, 1.82) is 0 Å². The molecule has 0 spiro atoms. The Labute approximate surface area is 208 Å². The molecule has 2 aromatic carbocycles. The van der Waals surface area contributed by atoms with Crippen LogP contribution in [0.15, 0.2) is 41.3 Å². The minimum absolute atomic E-state index is 0.231. The van der Waals surface area contributed by atoms with Crippen LogP contribution in [0, 0.1) is 12.8 Å². The topological polar surface area (TPSA) is 84.9 Å². The fourth-order valence-electron chi connectivity index (χ4n) is 3.06. The fraction of sp³-hybridized carbons (Fsp3) is 0.320. The van der Waals surface area contributed by atoms with Crippen LogP contribution in [0.2, 0.25) is 5.02 Å². The molecular weight excluding hydrogens is 476 g/mol. The van der Waals surface area contributed by atoms with E-state index < -0.39 is 17.1 Å². The lowest BCUT2D eigenvalue weighted by molar-refractivity contribution is -0.127. The van der Waals surface area contributed by atoms with Crippen molar-refractivity contribution in [3.63, 3.8) is 0 Å². The maximum atomic E-state index is 12.8. The Kier molecular flexibility index (Phi) is 8.63. The Hall–Kier alpha value is -2.97. The lowest BCUT2D eigenvalue weighted by Gasteiger charge is -2.14. The maximum absolute atomic E-state index is 12.8. The molecule has 0 atom stereocenters. The number of amides is 3. The van der Waals surface area contributed by atoms with Crippen molar-refractivity contribution >= 4 is 52.2 Å². The van der Waals surface area contributed by atoms with Crippen molar-refractivity contribution in [2.75, 3.05) is 25.1 Å². The Morgan fingerprint density at radius 3 is 2.59 bits per heavy atom. The van der Waals surface area contributed by atoms with Crippen LogP contribution >= 0.6 is 23.4 Å². The van der Waals surface area contributed by atoms with Gasteiger partial charge in [-0.1, -0.05) is 37.6 Å². The number of carbonyl (C=O) groups is 3. The molecule has 0 radical (unpaired) electrons. The van der Waals surface area contributed by atoms with Gasteiger partial charge >= 0.3 is 0 Å². The van der Waals surface area contributed by atoms with Gasteiger partial charge in [0.2, 0.25) is 5.91 Å². The maximum Gasteiger partial charge on any atom is 0.294 e. The summed E-state index contributed by atoms with van der Waals surface area (Å²) in [4.78, 5) is 38.8. The molecule has 0 bridgehead atoms. The fourth-order valence-corrected chi connectivity index (χ4v) is 4.08. The van der Waals surface area contributed by atoms with Gasteiger partial charge in [0.1, 0.15) is 6.54 Å². The molecule has 1 fully saturated rings. The molecule has 3 amide bonds. The van der Waals surface area contributed by atoms with E-state index >= 15 is 0 Å². The van der Waals surface area contributed by atoms with Crippen LogP contribution in [-0.4, -0.2) is 41.7 Å². The number of benzene rings is 2. The van der Waals surface area contributed by atoms with Gasteiger partial charge in [0.05, 0.1) is 18.1 Å². The quantitative estimate of drug-likeness (QED) is 0.439. The summed E-state index contributed by atoms with van der Waals surface area (Å²) >= 11 is 6.88. The second-order valence-corrected chi connectivity index (χ2v) is 9.52. The van der Waals surface area contributed by atoms with Gasteiger partial charge in [0.25, 0.3) is 11.1 Å². The van der Waals surface area contributed by atoms with Crippen LogP contribution in [0.4, 0.5) is 10.5 Å². The lowest BCUT2D eigenvalue weighted by Crippen LogP contribution is -2.36. The largest absolute Gasteiger partial charge is 0.490 e. The van der Waals surface area contributed by atoms with Crippen LogP contribution in [0.3, 0.4) is 0 Å². The molecule has 1 N–H and O–H groups in total. The molecule has 34 heavy (non-hydrogen) atoms. The van der Waals surface area contributed by atoms with E-state index in [0.29, 0.717) is 46.9 Å². The number of hydrogen-bond donors (Lipinski definition) is 1. The number of nitrogens with one attached hydrogen (secondary N) is 1. The molecule has 1 aliphatic heterocycles. The van der Waals surface area contributed by atoms with Crippen LogP contribution in [0.25, 0.3) is 6.08 Å². The van der Waals surface area contributed by atoms with Gasteiger partial charge in [-0.25, -0.2) is 0 Å². The molecule has 1 heterocycles. The molecular formula is C25H27ClN2O5S. The Balaban J connectivity index is 1.71. The number of imide groups is 1. The number of rotatable bonds is 9. The minimum atomic E-state index is -0.523. The van der Waals surface area contributed by atoms with Crippen molar-refractivity contribution in [2.24, 2.45) is 5.92 Å². The summed E-state index contributed by atoms with van der Waals surface area (Å²) < 4.78 is 11.5. The van der Waals surface area contributed by atoms with Gasteiger partial charge in [0, 0.05) is 10.7 Å². The second kappa shape index (κ2) is 11.4. The number of hydrogen-bond acceptors (Lipinski definition) is 6. The highest BCUT2D eigenvalue weighted by Gasteiger charge is 2.36. The van der Waals surface area contributed by atoms with E-state index in [-0.39, 0.29) is 11.4 Å². The first-order valence-electron chi connectivity index (χ1n) is 10.9. The number of ether oxygens (including phenoxy) is 2. The Morgan fingerprint density at radius 1 is 1.15 bits per heavy atom. The number of carbonyl (C=O) groups excluding carboxylic acids is 3. The van der Waals surface area contributed by atoms with Crippen molar-refractivity contribution < 1.29 is 23.9 Å². The van der Waals surface area contributed by atoms with Crippen molar-refractivity contribution in [2.45, 2.75) is 27.7 Å². The van der Waals surface area contributed by atoms with Crippen LogP contribution in [0.5, 0.6) is 11.5 Å². The van der Waals surface area contributed by atoms with Crippen molar-refractivity contribution in [1.82, 2.24) is 4.90 Å². The molecule has 2 aromatic rings. The third kappa shape index (κ3) is 6.55. The smallest absolute Gasteiger partial charge is 0.294 e. The predicted octanol–water partition coefficient (Wildman–Crippen LogP) is 5.76. The summed E-state index contributed by atoms with van der Waals surface area (Å²) in [6, 6.07) is 10.4. The van der Waals surface area contributed by atoms with Gasteiger partial charge < -0.3 is 14.8 Å². The summed E-state index contributed by atoms with van der Waals surface area (Å²) in [5.41, 5.74) is 2.05. The molecule has 3 rings (SSSR count). The Bertz CT molecular complexity index is 1130. The summed E-state index contributed by atoms with van der Waals surface area (Å²) in [5.74, 6) is 0.529. The number of anilines is 1. The molecule has 0 unspecified atom stereocenters. The first-order chi connectivity index (χ1) is 16.2. The van der Waals surface area contributed by atoms with Gasteiger partial charge in [0.15, 0.2) is 11.5 Å². The average molecular weight is 503 g/mol. The molecule has 0 saturated carbocycles. The SMILES string of the molecule is CCOc1cc(/C=C2\SC(=O)N(CC(=O)Nc3ccc(C)c(Cl)c3)C2=O)ccc1OCC(C)C. The zero-order valence-corrected chi connectivity index (χ0v) is 21.1. The highest BCUT2D eigenvalue weighted by Crippen LogP contribution is 2.35. The third-order valence-electron chi connectivity index (χ3n) is 4.77. The summed E-state index contributed by atoms with van der Waals surface area (Å²) in [6.07, 6.45) is 1.61. The molecule has 180 valence electrons.